The Morgan fingerprint density at radius 3 is 2.63 bits per heavy atom. The fourth-order valence-electron chi connectivity index (χ4n) is 4.24. The largest absolute Gasteiger partial charge is 0.396 e. The van der Waals surface area contributed by atoms with Gasteiger partial charge in [0.25, 0.3) is 0 Å². The molecule has 1 unspecified atom stereocenters. The Balaban J connectivity index is 1.97. The Morgan fingerprint density at radius 2 is 1.95 bits per heavy atom. The number of aliphatic hydroxyl groups is 1. The number of rotatable bonds is 6. The first kappa shape index (κ1) is 15.3. The average Bonchev–Trinajstić information content (AvgIpc) is 2.43. The van der Waals surface area contributed by atoms with Crippen molar-refractivity contribution in [1.82, 2.24) is 10.2 Å². The SMILES string of the molecule is CNCC1(CN2CCCCC2CCO)CCCCC1. The molecule has 1 saturated heterocycles. The second-order valence-electron chi connectivity index (χ2n) is 6.72. The zero-order valence-corrected chi connectivity index (χ0v) is 12.7. The monoisotopic (exact) mass is 268 g/mol. The first-order valence-electron chi connectivity index (χ1n) is 8.29. The van der Waals surface area contributed by atoms with Crippen molar-refractivity contribution in [1.29, 1.82) is 0 Å². The molecule has 2 rings (SSSR count). The van der Waals surface area contributed by atoms with Gasteiger partial charge < -0.3 is 10.4 Å². The summed E-state index contributed by atoms with van der Waals surface area (Å²) in [4.78, 5) is 2.70. The quantitative estimate of drug-likeness (QED) is 0.776. The Bertz CT molecular complexity index is 244. The maximum Gasteiger partial charge on any atom is 0.0445 e. The molecule has 1 aliphatic heterocycles. The minimum atomic E-state index is 0.347. The normalized spacial score (nSPS) is 28.4. The third-order valence-electron chi connectivity index (χ3n) is 5.22. The molecule has 0 aromatic heterocycles. The summed E-state index contributed by atoms with van der Waals surface area (Å²) in [5.41, 5.74) is 0.498. The van der Waals surface area contributed by atoms with Crippen LogP contribution in [0.2, 0.25) is 0 Å². The van der Waals surface area contributed by atoms with E-state index >= 15 is 0 Å². The zero-order chi connectivity index (χ0) is 13.6. The molecule has 2 fully saturated rings. The molecule has 0 bridgehead atoms. The zero-order valence-electron chi connectivity index (χ0n) is 12.7. The van der Waals surface area contributed by atoms with Gasteiger partial charge in [-0.3, -0.25) is 4.90 Å². The van der Waals surface area contributed by atoms with Crippen molar-refractivity contribution in [2.45, 2.75) is 63.8 Å². The van der Waals surface area contributed by atoms with Crippen molar-refractivity contribution in [2.24, 2.45) is 5.41 Å². The van der Waals surface area contributed by atoms with E-state index in [0.29, 0.717) is 18.1 Å². The number of hydrogen-bond donors (Lipinski definition) is 2. The van der Waals surface area contributed by atoms with Gasteiger partial charge in [-0.2, -0.15) is 0 Å². The molecule has 0 radical (unpaired) electrons. The molecule has 112 valence electrons. The van der Waals surface area contributed by atoms with E-state index in [9.17, 15) is 5.11 Å². The smallest absolute Gasteiger partial charge is 0.0445 e. The van der Waals surface area contributed by atoms with Gasteiger partial charge in [-0.15, -0.1) is 0 Å². The Morgan fingerprint density at radius 1 is 1.16 bits per heavy atom. The molecular formula is C16H32N2O. The molecule has 0 spiro atoms. The van der Waals surface area contributed by atoms with Gasteiger partial charge in [-0.05, 0) is 51.1 Å². The van der Waals surface area contributed by atoms with Gasteiger partial charge in [0.05, 0.1) is 0 Å². The van der Waals surface area contributed by atoms with Crippen LogP contribution < -0.4 is 5.32 Å². The van der Waals surface area contributed by atoms with Crippen molar-refractivity contribution < 1.29 is 5.11 Å². The average molecular weight is 268 g/mol. The predicted octanol–water partition coefficient (Wildman–Crippen LogP) is 2.39. The van der Waals surface area contributed by atoms with Crippen molar-refractivity contribution >= 4 is 0 Å². The van der Waals surface area contributed by atoms with Crippen LogP contribution in [0.25, 0.3) is 0 Å². The van der Waals surface area contributed by atoms with Gasteiger partial charge in [0.1, 0.15) is 0 Å². The number of nitrogens with zero attached hydrogens (tertiary/aromatic N) is 1. The second kappa shape index (κ2) is 7.61. The van der Waals surface area contributed by atoms with E-state index in [4.69, 9.17) is 0 Å². The predicted molar refractivity (Wildman–Crippen MR) is 80.4 cm³/mol. The summed E-state index contributed by atoms with van der Waals surface area (Å²) >= 11 is 0. The van der Waals surface area contributed by atoms with Crippen LogP contribution in [0.1, 0.15) is 57.8 Å². The number of likely N-dealkylation sites (tertiary alicyclic amines) is 1. The van der Waals surface area contributed by atoms with E-state index in [1.807, 2.05) is 0 Å². The highest BCUT2D eigenvalue weighted by atomic mass is 16.3. The lowest BCUT2D eigenvalue weighted by atomic mass is 9.73. The Labute approximate surface area is 118 Å². The van der Waals surface area contributed by atoms with Crippen molar-refractivity contribution in [3.8, 4) is 0 Å². The first-order valence-corrected chi connectivity index (χ1v) is 8.29. The third-order valence-corrected chi connectivity index (χ3v) is 5.22. The van der Waals surface area contributed by atoms with Gasteiger partial charge >= 0.3 is 0 Å². The number of hydrogen-bond acceptors (Lipinski definition) is 3. The Kier molecular flexibility index (Phi) is 6.11. The molecule has 0 aromatic carbocycles. The molecule has 0 aromatic rings. The van der Waals surface area contributed by atoms with Crippen LogP contribution in [0.3, 0.4) is 0 Å². The van der Waals surface area contributed by atoms with E-state index in [-0.39, 0.29) is 0 Å². The molecule has 1 saturated carbocycles. The van der Waals surface area contributed by atoms with Crippen LogP contribution in [0, 0.1) is 5.41 Å². The molecule has 1 aliphatic carbocycles. The van der Waals surface area contributed by atoms with Gasteiger partial charge in [-0.25, -0.2) is 0 Å². The minimum Gasteiger partial charge on any atom is -0.396 e. The Hall–Kier alpha value is -0.120. The van der Waals surface area contributed by atoms with Gasteiger partial charge in [0, 0.05) is 25.7 Å². The van der Waals surface area contributed by atoms with E-state index < -0.39 is 0 Å². The fourth-order valence-corrected chi connectivity index (χ4v) is 4.24. The van der Waals surface area contributed by atoms with Crippen molar-refractivity contribution in [2.75, 3.05) is 33.3 Å². The molecule has 3 heteroatoms. The first-order chi connectivity index (χ1) is 9.29. The van der Waals surface area contributed by atoms with Crippen molar-refractivity contribution in [3.05, 3.63) is 0 Å². The minimum absolute atomic E-state index is 0.347. The maximum absolute atomic E-state index is 9.27. The summed E-state index contributed by atoms with van der Waals surface area (Å²) in [5, 5.41) is 12.7. The summed E-state index contributed by atoms with van der Waals surface area (Å²) in [6, 6.07) is 0.634. The van der Waals surface area contributed by atoms with Gasteiger partial charge in [-0.1, -0.05) is 25.7 Å². The van der Waals surface area contributed by atoms with Crippen LogP contribution >= 0.6 is 0 Å². The summed E-state index contributed by atoms with van der Waals surface area (Å²) in [5.74, 6) is 0. The van der Waals surface area contributed by atoms with Gasteiger partial charge in [0.15, 0.2) is 0 Å². The lowest BCUT2D eigenvalue weighted by Gasteiger charge is -2.45. The highest BCUT2D eigenvalue weighted by molar-refractivity contribution is 4.90. The summed E-state index contributed by atoms with van der Waals surface area (Å²) < 4.78 is 0. The molecule has 1 heterocycles. The number of aliphatic hydroxyl groups excluding tert-OH is 1. The molecular weight excluding hydrogens is 236 g/mol. The van der Waals surface area contributed by atoms with E-state index in [2.05, 4.69) is 17.3 Å². The summed E-state index contributed by atoms with van der Waals surface area (Å²) in [6.07, 6.45) is 11.9. The van der Waals surface area contributed by atoms with Crippen LogP contribution in [0.5, 0.6) is 0 Å². The highest BCUT2D eigenvalue weighted by Gasteiger charge is 2.35. The fraction of sp³-hybridized carbons (Fsp3) is 1.00. The maximum atomic E-state index is 9.27. The van der Waals surface area contributed by atoms with Crippen LogP contribution in [-0.4, -0.2) is 49.3 Å². The molecule has 2 aliphatic rings. The molecule has 19 heavy (non-hydrogen) atoms. The molecule has 3 nitrogen and oxygen atoms in total. The third kappa shape index (κ3) is 4.17. The van der Waals surface area contributed by atoms with E-state index in [1.54, 1.807) is 0 Å². The molecule has 1 atom stereocenters. The molecule has 0 amide bonds. The lowest BCUT2D eigenvalue weighted by Crippen LogP contribution is -2.50. The summed E-state index contributed by atoms with van der Waals surface area (Å²) in [7, 11) is 2.10. The molecule has 2 N–H and O–H groups in total. The lowest BCUT2D eigenvalue weighted by molar-refractivity contribution is 0.0460. The highest BCUT2D eigenvalue weighted by Crippen LogP contribution is 2.38. The van der Waals surface area contributed by atoms with Crippen LogP contribution in [-0.2, 0) is 0 Å². The van der Waals surface area contributed by atoms with Crippen molar-refractivity contribution in [3.63, 3.8) is 0 Å². The topological polar surface area (TPSA) is 35.5 Å². The second-order valence-corrected chi connectivity index (χ2v) is 6.72. The van der Waals surface area contributed by atoms with Gasteiger partial charge in [0.2, 0.25) is 0 Å². The van der Waals surface area contributed by atoms with Crippen LogP contribution in [0.4, 0.5) is 0 Å². The van der Waals surface area contributed by atoms with E-state index in [1.165, 1.54) is 64.5 Å². The number of nitrogens with one attached hydrogen (secondary N) is 1. The van der Waals surface area contributed by atoms with Crippen LogP contribution in [0.15, 0.2) is 0 Å². The standard InChI is InChI=1S/C16H32N2O/c1-17-13-16(9-4-2-5-10-16)14-18-11-6-3-7-15(18)8-12-19/h15,17,19H,2-14H2,1H3. The van der Waals surface area contributed by atoms with E-state index in [0.717, 1.165) is 13.0 Å². The summed E-state index contributed by atoms with van der Waals surface area (Å²) in [6.45, 7) is 4.00. The number of piperidine rings is 1.